The van der Waals surface area contributed by atoms with Crippen molar-refractivity contribution in [2.45, 2.75) is 33.4 Å². The SMILES string of the molecule is Cc1nc2c(F)cc(-c3nc(Nc4ccc(OCc5ccccn5)c(Cl)c4)ncc3F)cc2n1C(C)C. The second kappa shape index (κ2) is 10.1. The van der Waals surface area contributed by atoms with Crippen LogP contribution in [0.1, 0.15) is 31.4 Å². The monoisotopic (exact) mass is 520 g/mol. The van der Waals surface area contributed by atoms with Gasteiger partial charge in [0, 0.05) is 23.5 Å². The van der Waals surface area contributed by atoms with Crippen molar-refractivity contribution >= 4 is 34.3 Å². The van der Waals surface area contributed by atoms with E-state index in [2.05, 4.69) is 25.3 Å². The molecule has 0 saturated carbocycles. The van der Waals surface area contributed by atoms with Crippen molar-refractivity contribution in [3.05, 3.63) is 89.1 Å². The van der Waals surface area contributed by atoms with E-state index >= 15 is 0 Å². The molecule has 0 bridgehead atoms. The molecule has 5 rings (SSSR count). The van der Waals surface area contributed by atoms with Gasteiger partial charge in [0.2, 0.25) is 5.95 Å². The van der Waals surface area contributed by atoms with Gasteiger partial charge in [0.25, 0.3) is 0 Å². The van der Waals surface area contributed by atoms with E-state index in [1.807, 2.05) is 43.5 Å². The van der Waals surface area contributed by atoms with Gasteiger partial charge in [-0.2, -0.15) is 0 Å². The number of hydrogen-bond acceptors (Lipinski definition) is 6. The predicted octanol–water partition coefficient (Wildman–Crippen LogP) is 7.03. The summed E-state index contributed by atoms with van der Waals surface area (Å²) in [6, 6.07) is 13.6. The molecule has 2 aromatic carbocycles. The fourth-order valence-electron chi connectivity index (χ4n) is 4.15. The Morgan fingerprint density at radius 2 is 1.86 bits per heavy atom. The van der Waals surface area contributed by atoms with Crippen LogP contribution in [0.4, 0.5) is 20.4 Å². The Morgan fingerprint density at radius 3 is 2.59 bits per heavy atom. The van der Waals surface area contributed by atoms with E-state index < -0.39 is 11.6 Å². The minimum Gasteiger partial charge on any atom is -0.486 e. The van der Waals surface area contributed by atoms with Crippen molar-refractivity contribution in [3.63, 3.8) is 0 Å². The van der Waals surface area contributed by atoms with Crippen LogP contribution in [0.2, 0.25) is 5.02 Å². The lowest BCUT2D eigenvalue weighted by Crippen LogP contribution is -2.04. The highest BCUT2D eigenvalue weighted by atomic mass is 35.5. The highest BCUT2D eigenvalue weighted by Gasteiger charge is 2.18. The summed E-state index contributed by atoms with van der Waals surface area (Å²) in [5.41, 5.74) is 2.41. The smallest absolute Gasteiger partial charge is 0.227 e. The summed E-state index contributed by atoms with van der Waals surface area (Å²) in [6.07, 6.45) is 2.74. The van der Waals surface area contributed by atoms with E-state index in [1.165, 1.54) is 6.07 Å². The van der Waals surface area contributed by atoms with Crippen LogP contribution in [0.15, 0.2) is 60.9 Å². The Balaban J connectivity index is 1.41. The summed E-state index contributed by atoms with van der Waals surface area (Å²) < 4.78 is 37.4. The molecular weight excluding hydrogens is 498 g/mol. The number of nitrogens with one attached hydrogen (secondary N) is 1. The molecule has 1 N–H and O–H groups in total. The van der Waals surface area contributed by atoms with E-state index in [0.717, 1.165) is 11.9 Å². The van der Waals surface area contributed by atoms with Gasteiger partial charge in [0.1, 0.15) is 29.4 Å². The fourth-order valence-corrected chi connectivity index (χ4v) is 4.38. The minimum absolute atomic E-state index is 0.0335. The van der Waals surface area contributed by atoms with Crippen LogP contribution in [0.5, 0.6) is 5.75 Å². The van der Waals surface area contributed by atoms with Crippen LogP contribution in [-0.4, -0.2) is 24.5 Å². The molecule has 0 aliphatic carbocycles. The van der Waals surface area contributed by atoms with Crippen molar-refractivity contribution in [2.75, 3.05) is 5.32 Å². The average Bonchev–Trinajstić information content (AvgIpc) is 3.22. The third-order valence-electron chi connectivity index (χ3n) is 5.75. The molecule has 37 heavy (non-hydrogen) atoms. The molecule has 0 aliphatic heterocycles. The second-order valence-corrected chi connectivity index (χ2v) is 9.13. The van der Waals surface area contributed by atoms with Crippen LogP contribution in [0, 0.1) is 18.6 Å². The Labute approximate surface area is 217 Å². The quantitative estimate of drug-likeness (QED) is 0.248. The molecule has 10 heteroatoms. The maximum atomic E-state index is 14.9. The lowest BCUT2D eigenvalue weighted by molar-refractivity contribution is 0.301. The van der Waals surface area contributed by atoms with Crippen LogP contribution < -0.4 is 10.1 Å². The van der Waals surface area contributed by atoms with Crippen molar-refractivity contribution in [1.82, 2.24) is 24.5 Å². The first-order valence-corrected chi connectivity index (χ1v) is 12.0. The van der Waals surface area contributed by atoms with Crippen molar-refractivity contribution < 1.29 is 13.5 Å². The number of pyridine rings is 1. The van der Waals surface area contributed by atoms with Crippen LogP contribution >= 0.6 is 11.6 Å². The number of halogens is 3. The molecule has 0 atom stereocenters. The van der Waals surface area contributed by atoms with E-state index in [1.54, 1.807) is 30.5 Å². The topological polar surface area (TPSA) is 77.8 Å². The summed E-state index contributed by atoms with van der Waals surface area (Å²) in [4.78, 5) is 16.9. The largest absolute Gasteiger partial charge is 0.486 e. The molecule has 0 spiro atoms. The van der Waals surface area contributed by atoms with E-state index in [9.17, 15) is 8.78 Å². The summed E-state index contributed by atoms with van der Waals surface area (Å²) in [6.45, 7) is 6.04. The zero-order valence-electron chi connectivity index (χ0n) is 20.3. The van der Waals surface area contributed by atoms with Gasteiger partial charge >= 0.3 is 0 Å². The third kappa shape index (κ3) is 5.08. The van der Waals surface area contributed by atoms with E-state index in [4.69, 9.17) is 16.3 Å². The lowest BCUT2D eigenvalue weighted by atomic mass is 10.1. The molecule has 3 aromatic heterocycles. The molecule has 0 fully saturated rings. The highest BCUT2D eigenvalue weighted by Crippen LogP contribution is 2.32. The first kappa shape index (κ1) is 24.6. The number of aryl methyl sites for hydroxylation is 1. The normalized spacial score (nSPS) is 11.3. The van der Waals surface area contributed by atoms with Crippen LogP contribution in [0.25, 0.3) is 22.3 Å². The van der Waals surface area contributed by atoms with Crippen molar-refractivity contribution in [3.8, 4) is 17.0 Å². The number of hydrogen-bond donors (Lipinski definition) is 1. The summed E-state index contributed by atoms with van der Waals surface area (Å²) >= 11 is 6.39. The molecule has 7 nitrogen and oxygen atoms in total. The summed E-state index contributed by atoms with van der Waals surface area (Å²) in [5, 5.41) is 3.38. The molecule has 0 amide bonds. The van der Waals surface area contributed by atoms with E-state index in [0.29, 0.717) is 27.8 Å². The van der Waals surface area contributed by atoms with Gasteiger partial charge in [-0.15, -0.1) is 0 Å². The number of imidazole rings is 1. The Kier molecular flexibility index (Phi) is 6.71. The molecule has 0 saturated heterocycles. The number of nitrogens with zero attached hydrogens (tertiary/aromatic N) is 5. The summed E-state index contributed by atoms with van der Waals surface area (Å²) in [5.74, 6) is 0.0718. The average molecular weight is 521 g/mol. The number of fused-ring (bicyclic) bond motifs is 1. The molecule has 0 unspecified atom stereocenters. The van der Waals surface area contributed by atoms with Crippen molar-refractivity contribution in [2.24, 2.45) is 0 Å². The zero-order valence-corrected chi connectivity index (χ0v) is 21.1. The third-order valence-corrected chi connectivity index (χ3v) is 6.04. The lowest BCUT2D eigenvalue weighted by Gasteiger charge is -2.13. The van der Waals surface area contributed by atoms with Crippen LogP contribution in [0.3, 0.4) is 0 Å². The first-order chi connectivity index (χ1) is 17.8. The van der Waals surface area contributed by atoms with Crippen molar-refractivity contribution in [1.29, 1.82) is 0 Å². The van der Waals surface area contributed by atoms with Gasteiger partial charge in [-0.1, -0.05) is 17.7 Å². The maximum Gasteiger partial charge on any atom is 0.227 e. The van der Waals surface area contributed by atoms with Gasteiger partial charge in [0.15, 0.2) is 11.6 Å². The molecule has 0 radical (unpaired) electrons. The van der Waals surface area contributed by atoms with Gasteiger partial charge in [-0.05, 0) is 63.2 Å². The Bertz CT molecular complexity index is 1590. The zero-order chi connectivity index (χ0) is 26.1. The second-order valence-electron chi connectivity index (χ2n) is 8.72. The Morgan fingerprint density at radius 1 is 1.03 bits per heavy atom. The molecule has 5 aromatic rings. The summed E-state index contributed by atoms with van der Waals surface area (Å²) in [7, 11) is 0. The van der Waals surface area contributed by atoms with Gasteiger partial charge in [0.05, 0.1) is 22.4 Å². The number of anilines is 2. The molecule has 188 valence electrons. The molecular formula is C27H23ClF2N6O. The van der Waals surface area contributed by atoms with Crippen LogP contribution in [-0.2, 0) is 6.61 Å². The number of rotatable bonds is 7. The fraction of sp³-hybridized carbons (Fsp3) is 0.185. The predicted molar refractivity (Wildman–Crippen MR) is 139 cm³/mol. The number of aromatic nitrogens is 5. The first-order valence-electron chi connectivity index (χ1n) is 11.6. The Hall–Kier alpha value is -4.11. The molecule has 3 heterocycles. The van der Waals surface area contributed by atoms with E-state index in [-0.39, 0.29) is 35.4 Å². The maximum absolute atomic E-state index is 14.9. The standard InChI is InChI=1S/C27H23ClF2N6O/c1-15(2)36-16(3)33-26-21(29)10-17(11-23(26)36)25-22(30)13-32-27(35-25)34-18-7-8-24(20(28)12-18)37-14-19-6-4-5-9-31-19/h4-13,15H,14H2,1-3H3,(H,32,34,35). The number of ether oxygens (including phenoxy) is 1. The highest BCUT2D eigenvalue weighted by molar-refractivity contribution is 6.32. The number of benzene rings is 2. The molecule has 0 aliphatic rings. The van der Waals surface area contributed by atoms with Gasteiger partial charge < -0.3 is 14.6 Å². The minimum atomic E-state index is -0.673. The van der Waals surface area contributed by atoms with Gasteiger partial charge in [-0.3, -0.25) is 4.98 Å². The van der Waals surface area contributed by atoms with Gasteiger partial charge in [-0.25, -0.2) is 23.7 Å².